The summed E-state index contributed by atoms with van der Waals surface area (Å²) in [5.41, 5.74) is 1.18. The third-order valence-corrected chi connectivity index (χ3v) is 5.31. The van der Waals surface area contributed by atoms with Crippen LogP contribution in [0.25, 0.3) is 0 Å². The molecule has 1 aliphatic heterocycles. The molecule has 0 saturated carbocycles. The molecule has 1 saturated heterocycles. The van der Waals surface area contributed by atoms with E-state index in [9.17, 15) is 0 Å². The number of aromatic nitrogens is 1. The standard InChI is InChI=1S/C17H22ClN3OS/c1-13-20-11-14(23-13)10-19-12-17(21-6-8-22-9-7-21)15-4-2-3-5-16(15)18/h2-5,11,17,19H,6-10,12H2,1H3. The van der Waals surface area contributed by atoms with Gasteiger partial charge in [0.1, 0.15) is 0 Å². The highest BCUT2D eigenvalue weighted by Crippen LogP contribution is 2.28. The number of thiazole rings is 1. The highest BCUT2D eigenvalue weighted by Gasteiger charge is 2.24. The van der Waals surface area contributed by atoms with Gasteiger partial charge in [-0.15, -0.1) is 11.3 Å². The van der Waals surface area contributed by atoms with Crippen LogP contribution in [-0.4, -0.2) is 42.7 Å². The van der Waals surface area contributed by atoms with E-state index in [1.54, 1.807) is 11.3 Å². The lowest BCUT2D eigenvalue weighted by Crippen LogP contribution is -2.42. The van der Waals surface area contributed by atoms with Crippen LogP contribution in [0, 0.1) is 6.92 Å². The third kappa shape index (κ3) is 4.52. The molecule has 4 nitrogen and oxygen atoms in total. The van der Waals surface area contributed by atoms with Gasteiger partial charge in [0, 0.05) is 48.3 Å². The number of hydrogen-bond acceptors (Lipinski definition) is 5. The van der Waals surface area contributed by atoms with Crippen molar-refractivity contribution >= 4 is 22.9 Å². The molecule has 1 aromatic carbocycles. The van der Waals surface area contributed by atoms with Crippen molar-refractivity contribution in [2.45, 2.75) is 19.5 Å². The number of nitrogens with zero attached hydrogens (tertiary/aromatic N) is 2. The third-order valence-electron chi connectivity index (χ3n) is 4.06. The van der Waals surface area contributed by atoms with Crippen LogP contribution in [-0.2, 0) is 11.3 Å². The van der Waals surface area contributed by atoms with Gasteiger partial charge >= 0.3 is 0 Å². The van der Waals surface area contributed by atoms with Gasteiger partial charge in [0.25, 0.3) is 0 Å². The van der Waals surface area contributed by atoms with Crippen LogP contribution < -0.4 is 5.32 Å². The van der Waals surface area contributed by atoms with Gasteiger partial charge in [-0.05, 0) is 18.6 Å². The summed E-state index contributed by atoms with van der Waals surface area (Å²) in [5, 5.41) is 5.51. The van der Waals surface area contributed by atoms with Crippen LogP contribution >= 0.6 is 22.9 Å². The molecule has 0 radical (unpaired) electrons. The molecule has 1 atom stereocenters. The van der Waals surface area contributed by atoms with E-state index < -0.39 is 0 Å². The first-order chi connectivity index (χ1) is 11.2. The molecule has 124 valence electrons. The molecule has 6 heteroatoms. The van der Waals surface area contributed by atoms with E-state index in [2.05, 4.69) is 27.3 Å². The molecule has 1 fully saturated rings. The minimum Gasteiger partial charge on any atom is -0.379 e. The number of halogens is 1. The van der Waals surface area contributed by atoms with Crippen molar-refractivity contribution in [3.05, 3.63) is 50.9 Å². The van der Waals surface area contributed by atoms with Gasteiger partial charge in [0.15, 0.2) is 0 Å². The first-order valence-electron chi connectivity index (χ1n) is 7.92. The molecule has 23 heavy (non-hydrogen) atoms. The minimum atomic E-state index is 0.265. The van der Waals surface area contributed by atoms with Crippen LogP contribution in [0.15, 0.2) is 30.5 Å². The quantitative estimate of drug-likeness (QED) is 0.866. The van der Waals surface area contributed by atoms with E-state index in [0.717, 1.165) is 49.4 Å². The van der Waals surface area contributed by atoms with Crippen molar-refractivity contribution in [3.8, 4) is 0 Å². The Balaban J connectivity index is 1.68. The number of aryl methyl sites for hydroxylation is 1. The number of benzene rings is 1. The summed E-state index contributed by atoms with van der Waals surface area (Å²) in [4.78, 5) is 8.03. The van der Waals surface area contributed by atoms with E-state index >= 15 is 0 Å². The van der Waals surface area contributed by atoms with E-state index in [0.29, 0.717) is 0 Å². The molecule has 3 rings (SSSR count). The molecule has 0 amide bonds. The van der Waals surface area contributed by atoms with Crippen LogP contribution in [0.3, 0.4) is 0 Å². The van der Waals surface area contributed by atoms with E-state index in [-0.39, 0.29) is 6.04 Å². The highest BCUT2D eigenvalue weighted by molar-refractivity contribution is 7.11. The topological polar surface area (TPSA) is 37.4 Å². The Morgan fingerprint density at radius 1 is 1.35 bits per heavy atom. The summed E-state index contributed by atoms with van der Waals surface area (Å²) in [6.07, 6.45) is 1.95. The Bertz CT molecular complexity index is 628. The number of rotatable bonds is 6. The number of ether oxygens (including phenoxy) is 1. The molecule has 0 spiro atoms. The Morgan fingerprint density at radius 3 is 2.83 bits per heavy atom. The van der Waals surface area contributed by atoms with Crippen LogP contribution in [0.2, 0.25) is 5.02 Å². The Morgan fingerprint density at radius 2 is 2.13 bits per heavy atom. The molecule has 1 aliphatic rings. The van der Waals surface area contributed by atoms with Crippen molar-refractivity contribution in [2.24, 2.45) is 0 Å². The first kappa shape index (κ1) is 16.9. The predicted molar refractivity (Wildman–Crippen MR) is 95.1 cm³/mol. The van der Waals surface area contributed by atoms with Gasteiger partial charge < -0.3 is 10.1 Å². The largest absolute Gasteiger partial charge is 0.379 e. The van der Waals surface area contributed by atoms with E-state index in [1.165, 1.54) is 10.4 Å². The van der Waals surface area contributed by atoms with Crippen molar-refractivity contribution in [1.29, 1.82) is 0 Å². The average molecular weight is 352 g/mol. The monoisotopic (exact) mass is 351 g/mol. The second-order valence-corrected chi connectivity index (χ2v) is 7.39. The molecule has 2 heterocycles. The zero-order valence-corrected chi connectivity index (χ0v) is 14.9. The summed E-state index contributed by atoms with van der Waals surface area (Å²) in [6, 6.07) is 8.40. The van der Waals surface area contributed by atoms with Gasteiger partial charge in [-0.3, -0.25) is 4.90 Å². The number of nitrogens with one attached hydrogen (secondary N) is 1. The summed E-state index contributed by atoms with van der Waals surface area (Å²) in [6.45, 7) is 7.20. The number of morpholine rings is 1. The van der Waals surface area contributed by atoms with E-state index in [4.69, 9.17) is 16.3 Å². The maximum Gasteiger partial charge on any atom is 0.0897 e. The second kappa shape index (κ2) is 8.22. The van der Waals surface area contributed by atoms with Gasteiger partial charge in [-0.25, -0.2) is 4.98 Å². The molecule has 1 unspecified atom stereocenters. The molecular weight excluding hydrogens is 330 g/mol. The summed E-state index contributed by atoms with van der Waals surface area (Å²) in [5.74, 6) is 0. The summed E-state index contributed by atoms with van der Waals surface area (Å²) >= 11 is 8.18. The van der Waals surface area contributed by atoms with Crippen molar-refractivity contribution in [2.75, 3.05) is 32.8 Å². The molecular formula is C17H22ClN3OS. The van der Waals surface area contributed by atoms with Crippen LogP contribution in [0.4, 0.5) is 0 Å². The summed E-state index contributed by atoms with van der Waals surface area (Å²) in [7, 11) is 0. The van der Waals surface area contributed by atoms with Gasteiger partial charge in [-0.1, -0.05) is 29.8 Å². The second-order valence-electron chi connectivity index (χ2n) is 5.66. The molecule has 0 bridgehead atoms. The molecule has 1 aromatic heterocycles. The lowest BCUT2D eigenvalue weighted by atomic mass is 10.0. The lowest BCUT2D eigenvalue weighted by Gasteiger charge is -2.35. The van der Waals surface area contributed by atoms with Crippen LogP contribution in [0.1, 0.15) is 21.5 Å². The fourth-order valence-electron chi connectivity index (χ4n) is 2.89. The van der Waals surface area contributed by atoms with Crippen molar-refractivity contribution in [3.63, 3.8) is 0 Å². The maximum absolute atomic E-state index is 6.44. The fourth-order valence-corrected chi connectivity index (χ4v) is 3.92. The zero-order valence-electron chi connectivity index (χ0n) is 13.3. The lowest BCUT2D eigenvalue weighted by molar-refractivity contribution is 0.0161. The average Bonchev–Trinajstić information content (AvgIpc) is 2.99. The number of hydrogen-bond donors (Lipinski definition) is 1. The van der Waals surface area contributed by atoms with Crippen molar-refractivity contribution in [1.82, 2.24) is 15.2 Å². The summed E-state index contributed by atoms with van der Waals surface area (Å²) < 4.78 is 5.49. The van der Waals surface area contributed by atoms with Crippen LogP contribution in [0.5, 0.6) is 0 Å². The van der Waals surface area contributed by atoms with Gasteiger partial charge in [0.05, 0.1) is 18.2 Å². The molecule has 0 aliphatic carbocycles. The molecule has 1 N–H and O–H groups in total. The smallest absolute Gasteiger partial charge is 0.0897 e. The highest BCUT2D eigenvalue weighted by atomic mass is 35.5. The predicted octanol–water partition coefficient (Wildman–Crippen LogP) is 3.27. The normalized spacial score (nSPS) is 17.3. The van der Waals surface area contributed by atoms with E-state index in [1.807, 2.05) is 25.3 Å². The minimum absolute atomic E-state index is 0.265. The van der Waals surface area contributed by atoms with Gasteiger partial charge in [-0.2, -0.15) is 0 Å². The first-order valence-corrected chi connectivity index (χ1v) is 9.12. The maximum atomic E-state index is 6.44. The Kier molecular flexibility index (Phi) is 6.02. The zero-order chi connectivity index (χ0) is 16.1. The Hall–Kier alpha value is -0.980. The van der Waals surface area contributed by atoms with Crippen molar-refractivity contribution < 1.29 is 4.74 Å². The SMILES string of the molecule is Cc1ncc(CNCC(c2ccccc2Cl)N2CCOCC2)s1. The fraction of sp³-hybridized carbons (Fsp3) is 0.471. The molecule has 2 aromatic rings. The Labute approximate surface area is 146 Å². The van der Waals surface area contributed by atoms with Gasteiger partial charge in [0.2, 0.25) is 0 Å².